The van der Waals surface area contributed by atoms with Gasteiger partial charge in [0, 0.05) is 38.2 Å². The third-order valence-corrected chi connectivity index (χ3v) is 6.50. The van der Waals surface area contributed by atoms with Gasteiger partial charge in [-0.25, -0.2) is 8.42 Å². The van der Waals surface area contributed by atoms with Crippen LogP contribution in [-0.2, 0) is 26.0 Å². The molecular weight excluding hydrogens is 354 g/mol. The summed E-state index contributed by atoms with van der Waals surface area (Å²) in [5.41, 5.74) is 1.29. The van der Waals surface area contributed by atoms with Gasteiger partial charge in [-0.2, -0.15) is 4.31 Å². The molecule has 144 valence electrons. The summed E-state index contributed by atoms with van der Waals surface area (Å²) in [6, 6.07) is 4.01. The van der Waals surface area contributed by atoms with E-state index >= 15 is 0 Å². The third-order valence-electron chi connectivity index (χ3n) is 4.45. The normalized spacial score (nSPS) is 16.9. The third kappa shape index (κ3) is 3.76. The lowest BCUT2D eigenvalue weighted by Gasteiger charge is -2.24. The van der Waals surface area contributed by atoms with Crippen LogP contribution in [0.4, 0.5) is 5.69 Å². The second-order valence-corrected chi connectivity index (χ2v) is 8.59. The molecule has 7 nitrogen and oxygen atoms in total. The van der Waals surface area contributed by atoms with Gasteiger partial charge in [0.1, 0.15) is 6.04 Å². The molecule has 1 heterocycles. The van der Waals surface area contributed by atoms with E-state index in [1.54, 1.807) is 26.0 Å². The highest BCUT2D eigenvalue weighted by molar-refractivity contribution is 7.89. The largest absolute Gasteiger partial charge is 0.352 e. The van der Waals surface area contributed by atoms with E-state index in [1.165, 1.54) is 22.2 Å². The summed E-state index contributed by atoms with van der Waals surface area (Å²) in [5, 5.41) is 2.83. The molecule has 1 aliphatic rings. The van der Waals surface area contributed by atoms with Crippen LogP contribution in [0.1, 0.15) is 40.2 Å². The Balaban J connectivity index is 2.43. The van der Waals surface area contributed by atoms with Gasteiger partial charge in [-0.15, -0.1) is 0 Å². The summed E-state index contributed by atoms with van der Waals surface area (Å²) in [6.07, 6.45) is 0.301. The summed E-state index contributed by atoms with van der Waals surface area (Å²) < 4.78 is 26.9. The minimum absolute atomic E-state index is 0.0429. The predicted octanol–water partition coefficient (Wildman–Crippen LogP) is 1.52. The standard InChI is InChI=1S/C18H27N3O4S/c1-6-20(7-2)26(24,25)15-8-9-16-14(10-15)11-17(21(16)13(5)22)18(23)19-12(3)4/h8-10,12,17H,6-7,11H2,1-5H3,(H,19,23)/t17-/m0/s1. The van der Waals surface area contributed by atoms with Crippen LogP contribution >= 0.6 is 0 Å². The van der Waals surface area contributed by atoms with E-state index in [2.05, 4.69) is 5.32 Å². The molecular formula is C18H27N3O4S. The molecule has 1 aromatic carbocycles. The number of sulfonamides is 1. The lowest BCUT2D eigenvalue weighted by atomic mass is 10.1. The van der Waals surface area contributed by atoms with E-state index < -0.39 is 16.1 Å². The first-order valence-corrected chi connectivity index (χ1v) is 10.3. The maximum atomic E-state index is 12.7. The van der Waals surface area contributed by atoms with Crippen LogP contribution in [0.15, 0.2) is 23.1 Å². The molecule has 0 fully saturated rings. The Labute approximate surface area is 155 Å². The van der Waals surface area contributed by atoms with Crippen molar-refractivity contribution in [2.24, 2.45) is 0 Å². The maximum Gasteiger partial charge on any atom is 0.243 e. The zero-order valence-electron chi connectivity index (χ0n) is 15.9. The molecule has 0 saturated carbocycles. The molecule has 0 aliphatic carbocycles. The number of carbonyl (C=O) groups is 2. The van der Waals surface area contributed by atoms with Crippen LogP contribution in [0.2, 0.25) is 0 Å². The van der Waals surface area contributed by atoms with Gasteiger partial charge in [-0.1, -0.05) is 13.8 Å². The molecule has 0 unspecified atom stereocenters. The number of amides is 2. The molecule has 0 aromatic heterocycles. The summed E-state index contributed by atoms with van der Waals surface area (Å²) in [7, 11) is -3.59. The molecule has 1 atom stereocenters. The van der Waals surface area contributed by atoms with Crippen LogP contribution in [-0.4, -0.2) is 49.7 Å². The van der Waals surface area contributed by atoms with Gasteiger partial charge in [0.05, 0.1) is 4.90 Å². The highest BCUT2D eigenvalue weighted by Crippen LogP contribution is 2.34. The van der Waals surface area contributed by atoms with E-state index in [0.717, 1.165) is 0 Å². The molecule has 2 rings (SSSR count). The van der Waals surface area contributed by atoms with Gasteiger partial charge < -0.3 is 5.32 Å². The second-order valence-electron chi connectivity index (χ2n) is 6.65. The lowest BCUT2D eigenvalue weighted by Crippen LogP contribution is -2.49. The van der Waals surface area contributed by atoms with Gasteiger partial charge in [-0.3, -0.25) is 14.5 Å². The number of hydrogen-bond donors (Lipinski definition) is 1. The number of benzene rings is 1. The number of anilines is 1. The minimum atomic E-state index is -3.59. The Kier molecular flexibility index (Phi) is 6.08. The SMILES string of the molecule is CCN(CC)S(=O)(=O)c1ccc2c(c1)C[C@@H](C(=O)NC(C)C)N2C(C)=O. The quantitative estimate of drug-likeness (QED) is 0.809. The molecule has 1 aliphatic heterocycles. The van der Waals surface area contributed by atoms with Crippen molar-refractivity contribution in [2.45, 2.75) is 58.0 Å². The van der Waals surface area contributed by atoms with Crippen molar-refractivity contribution >= 4 is 27.5 Å². The van der Waals surface area contributed by atoms with E-state index in [4.69, 9.17) is 0 Å². The van der Waals surface area contributed by atoms with Crippen molar-refractivity contribution in [1.82, 2.24) is 9.62 Å². The summed E-state index contributed by atoms with van der Waals surface area (Å²) in [4.78, 5) is 26.2. The Hall–Kier alpha value is -1.93. The molecule has 0 bridgehead atoms. The van der Waals surface area contributed by atoms with Crippen molar-refractivity contribution in [3.63, 3.8) is 0 Å². The minimum Gasteiger partial charge on any atom is -0.352 e. The Bertz CT molecular complexity index is 801. The van der Waals surface area contributed by atoms with Gasteiger partial charge in [-0.05, 0) is 37.6 Å². The summed E-state index contributed by atoms with van der Waals surface area (Å²) >= 11 is 0. The fraction of sp³-hybridized carbons (Fsp3) is 0.556. The Morgan fingerprint density at radius 1 is 1.27 bits per heavy atom. The van der Waals surface area contributed by atoms with Gasteiger partial charge in [0.25, 0.3) is 0 Å². The van der Waals surface area contributed by atoms with Crippen LogP contribution in [0.3, 0.4) is 0 Å². The summed E-state index contributed by atoms with van der Waals surface area (Å²) in [6.45, 7) is 9.46. The van der Waals surface area contributed by atoms with Crippen molar-refractivity contribution in [1.29, 1.82) is 0 Å². The molecule has 1 aromatic rings. The molecule has 0 saturated heterocycles. The Morgan fingerprint density at radius 3 is 2.38 bits per heavy atom. The van der Waals surface area contributed by atoms with E-state index in [0.29, 0.717) is 30.8 Å². The average Bonchev–Trinajstić information content (AvgIpc) is 2.94. The number of fused-ring (bicyclic) bond motifs is 1. The first-order valence-electron chi connectivity index (χ1n) is 8.86. The van der Waals surface area contributed by atoms with Crippen molar-refractivity contribution < 1.29 is 18.0 Å². The Morgan fingerprint density at radius 2 is 1.88 bits per heavy atom. The average molecular weight is 381 g/mol. The van der Waals surface area contributed by atoms with E-state index in [-0.39, 0.29) is 22.8 Å². The van der Waals surface area contributed by atoms with Crippen molar-refractivity contribution in [3.8, 4) is 0 Å². The summed E-state index contributed by atoms with van der Waals surface area (Å²) in [5.74, 6) is -0.480. The van der Waals surface area contributed by atoms with Crippen molar-refractivity contribution in [2.75, 3.05) is 18.0 Å². The maximum absolute atomic E-state index is 12.7. The fourth-order valence-corrected chi connectivity index (χ4v) is 4.79. The number of nitrogens with zero attached hydrogens (tertiary/aromatic N) is 2. The first-order chi connectivity index (χ1) is 12.1. The second kappa shape index (κ2) is 7.75. The topological polar surface area (TPSA) is 86.8 Å². The zero-order chi connectivity index (χ0) is 19.6. The smallest absolute Gasteiger partial charge is 0.243 e. The van der Waals surface area contributed by atoms with Crippen LogP contribution in [0.25, 0.3) is 0 Å². The van der Waals surface area contributed by atoms with Crippen LogP contribution < -0.4 is 10.2 Å². The van der Waals surface area contributed by atoms with Crippen molar-refractivity contribution in [3.05, 3.63) is 23.8 Å². The predicted molar refractivity (Wildman–Crippen MR) is 100 cm³/mol. The lowest BCUT2D eigenvalue weighted by molar-refractivity contribution is -0.125. The molecule has 0 radical (unpaired) electrons. The number of hydrogen-bond acceptors (Lipinski definition) is 4. The van der Waals surface area contributed by atoms with Crippen LogP contribution in [0, 0.1) is 0 Å². The van der Waals surface area contributed by atoms with Gasteiger partial charge in [0.15, 0.2) is 0 Å². The fourth-order valence-electron chi connectivity index (χ4n) is 3.28. The van der Waals surface area contributed by atoms with Gasteiger partial charge in [0.2, 0.25) is 21.8 Å². The zero-order valence-corrected chi connectivity index (χ0v) is 16.8. The first kappa shape index (κ1) is 20.4. The number of rotatable bonds is 6. The van der Waals surface area contributed by atoms with Crippen LogP contribution in [0.5, 0.6) is 0 Å². The molecule has 2 amide bonds. The number of carbonyl (C=O) groups excluding carboxylic acids is 2. The highest BCUT2D eigenvalue weighted by atomic mass is 32.2. The van der Waals surface area contributed by atoms with Gasteiger partial charge >= 0.3 is 0 Å². The highest BCUT2D eigenvalue weighted by Gasteiger charge is 2.38. The monoisotopic (exact) mass is 381 g/mol. The molecule has 26 heavy (non-hydrogen) atoms. The molecule has 8 heteroatoms. The number of nitrogens with one attached hydrogen (secondary N) is 1. The van der Waals surface area contributed by atoms with E-state index in [9.17, 15) is 18.0 Å². The molecule has 0 spiro atoms. The molecule has 1 N–H and O–H groups in total. The van der Waals surface area contributed by atoms with E-state index in [1.807, 2.05) is 13.8 Å².